The molecular formula is C22H21ClN2O3. The number of amides is 1. The molecule has 1 heterocycles. The maximum Gasteiger partial charge on any atom is 0.337 e. The van der Waals surface area contributed by atoms with Gasteiger partial charge in [-0.05, 0) is 61.1 Å². The lowest BCUT2D eigenvalue weighted by molar-refractivity contribution is 0.0600. The Hall–Kier alpha value is -2.53. The molecule has 0 radical (unpaired) electrons. The number of fused-ring (bicyclic) bond motifs is 2. The lowest BCUT2D eigenvalue weighted by Gasteiger charge is -2.20. The third kappa shape index (κ3) is 2.68. The third-order valence-electron chi connectivity index (χ3n) is 6.34. The van der Waals surface area contributed by atoms with Gasteiger partial charge in [-0.25, -0.2) is 4.79 Å². The molecule has 5 rings (SSSR count). The van der Waals surface area contributed by atoms with Crippen molar-refractivity contribution in [3.8, 4) is 0 Å². The first-order valence-electron chi connectivity index (χ1n) is 9.56. The molecule has 3 aliphatic rings. The van der Waals surface area contributed by atoms with E-state index < -0.39 is 0 Å². The summed E-state index contributed by atoms with van der Waals surface area (Å²) in [5, 5.41) is 7.25. The average molecular weight is 397 g/mol. The Bertz CT molecular complexity index is 992. The van der Waals surface area contributed by atoms with Crippen LogP contribution in [-0.4, -0.2) is 25.5 Å². The molecule has 6 heteroatoms. The Morgan fingerprint density at radius 3 is 2.43 bits per heavy atom. The van der Waals surface area contributed by atoms with E-state index in [9.17, 15) is 9.59 Å². The second-order valence-corrected chi connectivity index (χ2v) is 8.55. The highest BCUT2D eigenvalue weighted by atomic mass is 35.5. The zero-order valence-corrected chi connectivity index (χ0v) is 16.4. The van der Waals surface area contributed by atoms with Crippen molar-refractivity contribution in [2.75, 3.05) is 19.0 Å². The van der Waals surface area contributed by atoms with Gasteiger partial charge in [0.1, 0.15) is 0 Å². The maximum atomic E-state index is 13.2. The van der Waals surface area contributed by atoms with Crippen LogP contribution in [-0.2, 0) is 15.7 Å². The van der Waals surface area contributed by atoms with Crippen LogP contribution in [0.1, 0.15) is 57.5 Å². The van der Waals surface area contributed by atoms with Crippen LogP contribution in [0.5, 0.6) is 0 Å². The molecule has 1 spiro atoms. The summed E-state index contributed by atoms with van der Waals surface area (Å²) < 4.78 is 4.75. The van der Waals surface area contributed by atoms with E-state index in [1.807, 2.05) is 18.2 Å². The minimum Gasteiger partial charge on any atom is -0.465 e. The van der Waals surface area contributed by atoms with Gasteiger partial charge >= 0.3 is 5.97 Å². The van der Waals surface area contributed by atoms with Gasteiger partial charge in [0.25, 0.3) is 5.91 Å². The molecule has 0 bridgehead atoms. The Labute approximate surface area is 168 Å². The fraction of sp³-hybridized carbons (Fsp3) is 0.364. The number of methoxy groups -OCH3 is 1. The van der Waals surface area contributed by atoms with Gasteiger partial charge in [-0.15, -0.1) is 0 Å². The first-order valence-corrected chi connectivity index (χ1v) is 9.93. The van der Waals surface area contributed by atoms with Gasteiger partial charge in [-0.3, -0.25) is 4.79 Å². The van der Waals surface area contributed by atoms with Gasteiger partial charge in [0.15, 0.2) is 0 Å². The Morgan fingerprint density at radius 2 is 1.82 bits per heavy atom. The van der Waals surface area contributed by atoms with Gasteiger partial charge in [-0.1, -0.05) is 23.7 Å². The number of hydrogen-bond acceptors (Lipinski definition) is 4. The first kappa shape index (κ1) is 17.6. The number of ether oxygens (including phenoxy) is 1. The van der Waals surface area contributed by atoms with Crippen LogP contribution in [0.25, 0.3) is 0 Å². The molecule has 28 heavy (non-hydrogen) atoms. The molecule has 2 aromatic carbocycles. The number of carbonyl (C=O) groups is 2. The smallest absolute Gasteiger partial charge is 0.337 e. The summed E-state index contributed by atoms with van der Waals surface area (Å²) in [5.74, 6) is -0.478. The molecule has 1 amide bonds. The minimum absolute atomic E-state index is 0.113. The van der Waals surface area contributed by atoms with Crippen LogP contribution in [0.3, 0.4) is 0 Å². The zero-order chi connectivity index (χ0) is 19.5. The quantitative estimate of drug-likeness (QED) is 0.766. The van der Waals surface area contributed by atoms with Gasteiger partial charge in [0.2, 0.25) is 0 Å². The lowest BCUT2D eigenvalue weighted by atomic mass is 9.96. The maximum absolute atomic E-state index is 13.2. The van der Waals surface area contributed by atoms with Crippen molar-refractivity contribution in [3.63, 3.8) is 0 Å². The van der Waals surface area contributed by atoms with Crippen LogP contribution in [0.15, 0.2) is 36.4 Å². The summed E-state index contributed by atoms with van der Waals surface area (Å²) in [6.45, 7) is 0.878. The summed E-state index contributed by atoms with van der Waals surface area (Å²) in [5.41, 5.74) is 4.02. The van der Waals surface area contributed by atoms with E-state index >= 15 is 0 Å². The van der Waals surface area contributed by atoms with Gasteiger partial charge < -0.3 is 15.4 Å². The Morgan fingerprint density at radius 1 is 1.11 bits per heavy atom. The summed E-state index contributed by atoms with van der Waals surface area (Å²) in [4.78, 5) is 24.8. The molecule has 2 aliphatic carbocycles. The highest BCUT2D eigenvalue weighted by molar-refractivity contribution is 6.31. The van der Waals surface area contributed by atoms with Crippen LogP contribution < -0.4 is 10.6 Å². The second-order valence-electron chi connectivity index (χ2n) is 8.11. The van der Waals surface area contributed by atoms with E-state index in [0.29, 0.717) is 16.1 Å². The number of nitrogens with one attached hydrogen (secondary N) is 2. The van der Waals surface area contributed by atoms with Crippen molar-refractivity contribution in [2.45, 2.75) is 36.6 Å². The zero-order valence-electron chi connectivity index (χ0n) is 15.6. The van der Waals surface area contributed by atoms with E-state index in [4.69, 9.17) is 16.3 Å². The van der Waals surface area contributed by atoms with Crippen molar-refractivity contribution < 1.29 is 14.3 Å². The van der Waals surface area contributed by atoms with E-state index in [1.165, 1.54) is 12.7 Å². The normalized spacial score (nSPS) is 19.5. The molecule has 0 unspecified atom stereocenters. The van der Waals surface area contributed by atoms with Gasteiger partial charge in [-0.2, -0.15) is 0 Å². The highest BCUT2D eigenvalue weighted by Gasteiger charge is 2.51. The number of rotatable bonds is 4. The predicted octanol–water partition coefficient (Wildman–Crippen LogP) is 4.00. The van der Waals surface area contributed by atoms with Crippen LogP contribution in [0.2, 0.25) is 5.02 Å². The van der Waals surface area contributed by atoms with E-state index in [2.05, 4.69) is 10.6 Å². The summed E-state index contributed by atoms with van der Waals surface area (Å²) in [7, 11) is 1.36. The molecule has 0 aromatic heterocycles. The Kier molecular flexibility index (Phi) is 3.75. The average Bonchev–Trinajstić information content (AvgIpc) is 3.61. The van der Waals surface area contributed by atoms with E-state index in [1.54, 1.807) is 18.2 Å². The number of benzene rings is 2. The molecular weight excluding hydrogens is 376 g/mol. The van der Waals surface area contributed by atoms with Crippen molar-refractivity contribution in [3.05, 3.63) is 63.7 Å². The second kappa shape index (κ2) is 5.98. The topological polar surface area (TPSA) is 67.4 Å². The first-order chi connectivity index (χ1) is 13.5. The van der Waals surface area contributed by atoms with Crippen LogP contribution >= 0.6 is 11.6 Å². The summed E-state index contributed by atoms with van der Waals surface area (Å²) in [6.07, 6.45) is 4.03. The standard InChI is InChI=1S/C22H21ClN2O3/c1-28-20(27)13-2-4-14(5-3-13)22(8-9-22)25-19(26)16-10-15(23)11-17-18(16)24-12-21(17)6-7-21/h2-5,10-11,24H,6-9,12H2,1H3,(H,25,26). The predicted molar refractivity (Wildman–Crippen MR) is 107 cm³/mol. The minimum atomic E-state index is -0.378. The molecule has 1 aliphatic heterocycles. The number of halogens is 1. The summed E-state index contributed by atoms with van der Waals surface area (Å²) >= 11 is 6.34. The SMILES string of the molecule is COC(=O)c1ccc(C2(NC(=O)c3cc(Cl)cc4c3NCC43CC3)CC2)cc1. The number of anilines is 1. The Balaban J connectivity index is 1.41. The fourth-order valence-corrected chi connectivity index (χ4v) is 4.50. The fourth-order valence-electron chi connectivity index (χ4n) is 4.28. The van der Waals surface area contributed by atoms with Crippen molar-refractivity contribution in [1.82, 2.24) is 5.32 Å². The van der Waals surface area contributed by atoms with E-state index in [0.717, 1.165) is 43.5 Å². The molecule has 2 N–H and O–H groups in total. The molecule has 0 atom stereocenters. The number of esters is 1. The monoisotopic (exact) mass is 396 g/mol. The molecule has 2 aromatic rings. The molecule has 2 saturated carbocycles. The number of carbonyl (C=O) groups excluding carboxylic acids is 2. The largest absolute Gasteiger partial charge is 0.465 e. The highest BCUT2D eigenvalue weighted by Crippen LogP contribution is 2.56. The van der Waals surface area contributed by atoms with Crippen molar-refractivity contribution in [1.29, 1.82) is 0 Å². The molecule has 144 valence electrons. The third-order valence-corrected chi connectivity index (χ3v) is 6.56. The van der Waals surface area contributed by atoms with Crippen LogP contribution in [0.4, 0.5) is 5.69 Å². The van der Waals surface area contributed by atoms with Crippen molar-refractivity contribution in [2.24, 2.45) is 0 Å². The lowest BCUT2D eigenvalue weighted by Crippen LogP contribution is -2.35. The molecule has 5 nitrogen and oxygen atoms in total. The van der Waals surface area contributed by atoms with Gasteiger partial charge in [0.05, 0.1) is 29.5 Å². The summed E-state index contributed by atoms with van der Waals surface area (Å²) in [6, 6.07) is 11.0. The number of hydrogen-bond donors (Lipinski definition) is 2. The van der Waals surface area contributed by atoms with E-state index in [-0.39, 0.29) is 22.8 Å². The van der Waals surface area contributed by atoms with Crippen LogP contribution in [0, 0.1) is 0 Å². The van der Waals surface area contributed by atoms with Gasteiger partial charge in [0, 0.05) is 17.0 Å². The van der Waals surface area contributed by atoms with Crippen molar-refractivity contribution >= 4 is 29.2 Å². The molecule has 0 saturated heterocycles. The molecule has 2 fully saturated rings.